The van der Waals surface area contributed by atoms with Crippen molar-refractivity contribution < 1.29 is 19.5 Å². The maximum atomic E-state index is 12.2. The van der Waals surface area contributed by atoms with Gasteiger partial charge in [0.15, 0.2) is 0 Å². The van der Waals surface area contributed by atoms with E-state index < -0.39 is 11.8 Å². The number of phenolic OH excluding ortho intramolecular Hbond substituents is 1. The van der Waals surface area contributed by atoms with Crippen LogP contribution in [0.15, 0.2) is 42.6 Å². The lowest BCUT2D eigenvalue weighted by molar-refractivity contribution is -0.116. The lowest BCUT2D eigenvalue weighted by Crippen LogP contribution is -2.37. The van der Waals surface area contributed by atoms with Gasteiger partial charge in [0.25, 0.3) is 11.8 Å². The summed E-state index contributed by atoms with van der Waals surface area (Å²) in [7, 11) is 0. The van der Waals surface area contributed by atoms with Crippen LogP contribution in [0.4, 0.5) is 5.69 Å². The number of rotatable bonds is 5. The summed E-state index contributed by atoms with van der Waals surface area (Å²) in [6, 6.07) is 10.2. The number of imide groups is 1. The number of carbonyl (C=O) groups excluding carboxylic acids is 3. The molecule has 8 heteroatoms. The second-order valence-corrected chi connectivity index (χ2v) is 7.41. The fourth-order valence-corrected chi connectivity index (χ4v) is 3.23. The van der Waals surface area contributed by atoms with Crippen molar-refractivity contribution in [1.29, 1.82) is 0 Å². The molecule has 1 heterocycles. The molecule has 0 atom stereocenters. The van der Waals surface area contributed by atoms with E-state index in [0.29, 0.717) is 35.4 Å². The lowest BCUT2D eigenvalue weighted by Gasteiger charge is -2.18. The molecule has 28 heavy (non-hydrogen) atoms. The molecule has 3 rings (SSSR count). The molecule has 0 unspecified atom stereocenters. The minimum absolute atomic E-state index is 0.0327. The smallest absolute Gasteiger partial charge is 0.260 e. The first-order chi connectivity index (χ1) is 13.4. The van der Waals surface area contributed by atoms with Crippen molar-refractivity contribution in [2.45, 2.75) is 19.9 Å². The molecule has 7 nitrogen and oxygen atoms in total. The zero-order valence-corrected chi connectivity index (χ0v) is 17.2. The largest absolute Gasteiger partial charge is 0.506 e. The number of halogens is 1. The van der Waals surface area contributed by atoms with Gasteiger partial charge >= 0.3 is 0 Å². The van der Waals surface area contributed by atoms with Crippen LogP contribution in [0.25, 0.3) is 5.57 Å². The van der Waals surface area contributed by atoms with Crippen molar-refractivity contribution in [3.8, 4) is 5.75 Å². The van der Waals surface area contributed by atoms with Crippen molar-refractivity contribution >= 4 is 51.6 Å². The highest BCUT2D eigenvalue weighted by Crippen LogP contribution is 2.26. The van der Waals surface area contributed by atoms with E-state index in [1.807, 2.05) is 6.07 Å². The van der Waals surface area contributed by atoms with Gasteiger partial charge in [0.05, 0.1) is 11.3 Å². The Bertz CT molecular complexity index is 1000. The molecule has 0 bridgehead atoms. The van der Waals surface area contributed by atoms with E-state index >= 15 is 0 Å². The minimum atomic E-state index is -0.465. The number of fused-ring (bicyclic) bond motifs is 1. The Kier molecular flexibility index (Phi) is 5.98. The SMILES string of the molecule is CCC(=O)Nc1ccc(CNC=C2C(=O)NC(=O)c3ccc(I)cc32)cc1O. The summed E-state index contributed by atoms with van der Waals surface area (Å²) in [4.78, 5) is 35.6. The van der Waals surface area contributed by atoms with Gasteiger partial charge in [0, 0.05) is 33.9 Å². The van der Waals surface area contributed by atoms with Gasteiger partial charge < -0.3 is 15.7 Å². The molecule has 1 aliphatic heterocycles. The number of amides is 3. The Morgan fingerprint density at radius 1 is 1.14 bits per heavy atom. The summed E-state index contributed by atoms with van der Waals surface area (Å²) in [5, 5.41) is 18.0. The molecule has 0 spiro atoms. The van der Waals surface area contributed by atoms with Crippen LogP contribution in [-0.2, 0) is 16.1 Å². The third-order valence-electron chi connectivity index (χ3n) is 4.20. The fourth-order valence-electron chi connectivity index (χ4n) is 2.74. The second kappa shape index (κ2) is 8.42. The molecule has 0 saturated carbocycles. The van der Waals surface area contributed by atoms with Crippen LogP contribution >= 0.6 is 22.6 Å². The Morgan fingerprint density at radius 3 is 2.64 bits per heavy atom. The minimum Gasteiger partial charge on any atom is -0.506 e. The summed E-state index contributed by atoms with van der Waals surface area (Å²) >= 11 is 2.13. The van der Waals surface area contributed by atoms with Gasteiger partial charge in [-0.05, 0) is 58.5 Å². The maximum absolute atomic E-state index is 12.2. The molecule has 2 aromatic rings. The first-order valence-electron chi connectivity index (χ1n) is 8.60. The Labute approximate surface area is 175 Å². The van der Waals surface area contributed by atoms with Crippen LogP contribution < -0.4 is 16.0 Å². The van der Waals surface area contributed by atoms with Crippen molar-refractivity contribution in [3.05, 3.63) is 62.9 Å². The van der Waals surface area contributed by atoms with Gasteiger partial charge in [-0.15, -0.1) is 0 Å². The Hall–Kier alpha value is -2.88. The summed E-state index contributed by atoms with van der Waals surface area (Å²) in [5.41, 5.74) is 2.50. The van der Waals surface area contributed by atoms with Gasteiger partial charge in [0.2, 0.25) is 5.91 Å². The molecule has 144 valence electrons. The van der Waals surface area contributed by atoms with E-state index in [1.165, 1.54) is 6.07 Å². The average molecular weight is 491 g/mol. The first-order valence-corrected chi connectivity index (χ1v) is 9.67. The number of carbonyl (C=O) groups is 3. The van der Waals surface area contributed by atoms with E-state index in [2.05, 4.69) is 38.5 Å². The molecular weight excluding hydrogens is 473 g/mol. The highest BCUT2D eigenvalue weighted by atomic mass is 127. The normalized spacial score (nSPS) is 14.4. The van der Waals surface area contributed by atoms with Crippen LogP contribution in [0.2, 0.25) is 0 Å². The molecule has 1 aliphatic rings. The van der Waals surface area contributed by atoms with Crippen molar-refractivity contribution in [1.82, 2.24) is 10.6 Å². The van der Waals surface area contributed by atoms with Gasteiger partial charge in [-0.2, -0.15) is 0 Å². The van der Waals surface area contributed by atoms with Gasteiger partial charge in [-0.25, -0.2) is 0 Å². The molecule has 0 aromatic heterocycles. The van der Waals surface area contributed by atoms with Crippen molar-refractivity contribution in [3.63, 3.8) is 0 Å². The predicted octanol–water partition coefficient (Wildman–Crippen LogP) is 2.75. The maximum Gasteiger partial charge on any atom is 0.260 e. The van der Waals surface area contributed by atoms with E-state index in [-0.39, 0.29) is 11.7 Å². The predicted molar refractivity (Wildman–Crippen MR) is 113 cm³/mol. The molecule has 0 radical (unpaired) electrons. The summed E-state index contributed by atoms with van der Waals surface area (Å²) < 4.78 is 0.916. The Balaban J connectivity index is 1.76. The van der Waals surface area contributed by atoms with E-state index in [9.17, 15) is 19.5 Å². The monoisotopic (exact) mass is 491 g/mol. The van der Waals surface area contributed by atoms with Crippen LogP contribution in [0.5, 0.6) is 5.75 Å². The van der Waals surface area contributed by atoms with Gasteiger partial charge in [-0.3, -0.25) is 19.7 Å². The van der Waals surface area contributed by atoms with Crippen molar-refractivity contribution in [2.24, 2.45) is 0 Å². The highest BCUT2D eigenvalue weighted by Gasteiger charge is 2.27. The van der Waals surface area contributed by atoms with E-state index in [1.54, 1.807) is 37.4 Å². The second-order valence-electron chi connectivity index (χ2n) is 6.17. The number of benzene rings is 2. The third kappa shape index (κ3) is 4.33. The lowest BCUT2D eigenvalue weighted by atomic mass is 9.95. The van der Waals surface area contributed by atoms with Crippen LogP contribution in [0, 0.1) is 3.57 Å². The van der Waals surface area contributed by atoms with Crippen LogP contribution in [0.3, 0.4) is 0 Å². The number of anilines is 1. The highest BCUT2D eigenvalue weighted by molar-refractivity contribution is 14.1. The van der Waals surface area contributed by atoms with Gasteiger partial charge in [-0.1, -0.05) is 13.0 Å². The number of nitrogens with one attached hydrogen (secondary N) is 3. The molecular formula is C20H18IN3O4. The number of hydrogen-bond donors (Lipinski definition) is 4. The molecule has 2 aromatic carbocycles. The van der Waals surface area contributed by atoms with Crippen LogP contribution in [-0.4, -0.2) is 22.8 Å². The van der Waals surface area contributed by atoms with Gasteiger partial charge in [0.1, 0.15) is 5.75 Å². The van der Waals surface area contributed by atoms with Crippen molar-refractivity contribution in [2.75, 3.05) is 5.32 Å². The summed E-state index contributed by atoms with van der Waals surface area (Å²) in [6.45, 7) is 2.08. The molecule has 0 fully saturated rings. The molecule has 0 aliphatic carbocycles. The van der Waals surface area contributed by atoms with Crippen LogP contribution in [0.1, 0.15) is 34.8 Å². The standard InChI is InChI=1S/C20H18IN3O4/c1-2-18(26)23-16-6-3-11(7-17(16)25)9-22-10-15-14-8-12(21)4-5-13(14)19(27)24-20(15)28/h3-8,10,22,25H,2,9H2,1H3,(H,23,26)(H,24,27,28). The number of hydrogen-bond acceptors (Lipinski definition) is 5. The quantitative estimate of drug-likeness (QED) is 0.223. The number of aromatic hydroxyl groups is 1. The molecule has 4 N–H and O–H groups in total. The molecule has 0 saturated heterocycles. The third-order valence-corrected chi connectivity index (χ3v) is 4.87. The fraction of sp³-hybridized carbons (Fsp3) is 0.150. The molecule has 3 amide bonds. The number of phenols is 1. The topological polar surface area (TPSA) is 108 Å². The van der Waals surface area contributed by atoms with E-state index in [0.717, 1.165) is 9.13 Å². The summed E-state index contributed by atoms with van der Waals surface area (Å²) in [6.07, 6.45) is 1.88. The average Bonchev–Trinajstić information content (AvgIpc) is 2.66. The summed E-state index contributed by atoms with van der Waals surface area (Å²) in [5.74, 6) is -1.10. The van der Waals surface area contributed by atoms with E-state index in [4.69, 9.17) is 0 Å². The zero-order valence-electron chi connectivity index (χ0n) is 15.0. The zero-order chi connectivity index (χ0) is 20.3. The Morgan fingerprint density at radius 2 is 1.93 bits per heavy atom. The first kappa shape index (κ1) is 19.9.